The Labute approximate surface area is 236 Å². The highest BCUT2D eigenvalue weighted by atomic mass is 31.2. The first-order valence-corrected chi connectivity index (χ1v) is 14.3. The lowest BCUT2D eigenvalue weighted by Gasteiger charge is -2.22. The molecule has 19 heteroatoms. The average Bonchev–Trinajstić information content (AvgIpc) is 3.32. The van der Waals surface area contributed by atoms with Crippen LogP contribution in [0.2, 0.25) is 0 Å². The predicted molar refractivity (Wildman–Crippen MR) is 145 cm³/mol. The van der Waals surface area contributed by atoms with Crippen LogP contribution in [-0.4, -0.2) is 76.9 Å². The van der Waals surface area contributed by atoms with Crippen molar-refractivity contribution in [1.82, 2.24) is 14.5 Å². The number of aromatic nitrogens is 2. The highest BCUT2D eigenvalue weighted by Crippen LogP contribution is 2.51. The van der Waals surface area contributed by atoms with Crippen molar-refractivity contribution in [3.63, 3.8) is 0 Å². The Bertz CT molecular complexity index is 1190. The van der Waals surface area contributed by atoms with Gasteiger partial charge in [-0.15, -0.1) is 0 Å². The number of carbonyl (C=O) groups excluding carboxylic acids is 2. The summed E-state index contributed by atoms with van der Waals surface area (Å²) >= 11 is 0. The zero-order valence-corrected chi connectivity index (χ0v) is 24.8. The summed E-state index contributed by atoms with van der Waals surface area (Å²) < 4.78 is 34.1. The zero-order valence-electron chi connectivity index (χ0n) is 23.9. The van der Waals surface area contributed by atoms with Crippen LogP contribution < -0.4 is 22.7 Å². The Hall–Kier alpha value is -3.24. The molecular formula is C22H39N8O10P. The summed E-state index contributed by atoms with van der Waals surface area (Å²) in [6.45, 7) is 13.4. The van der Waals surface area contributed by atoms with Crippen LogP contribution in [0.3, 0.4) is 0 Å². The van der Waals surface area contributed by atoms with E-state index in [2.05, 4.69) is 49.9 Å². The van der Waals surface area contributed by atoms with E-state index in [1.54, 1.807) is 0 Å². The van der Waals surface area contributed by atoms with Gasteiger partial charge in [0, 0.05) is 23.1 Å². The van der Waals surface area contributed by atoms with Gasteiger partial charge in [0.25, 0.3) is 5.56 Å². The van der Waals surface area contributed by atoms with Gasteiger partial charge >= 0.3 is 25.5 Å². The number of hydrogen-bond donors (Lipinski definition) is 3. The number of phosphoric ester groups is 1. The van der Waals surface area contributed by atoms with E-state index in [0.29, 0.717) is 0 Å². The smallest absolute Gasteiger partial charge is 0.427 e. The molecule has 1 aromatic heterocycles. The largest absolute Gasteiger partial charge is 0.592 e. The number of azide groups is 1. The summed E-state index contributed by atoms with van der Waals surface area (Å²) in [4.78, 5) is 59.4. The van der Waals surface area contributed by atoms with E-state index in [0.717, 1.165) is 4.57 Å². The molecule has 1 unspecified atom stereocenters. The number of rotatable bonds is 13. The van der Waals surface area contributed by atoms with E-state index < -0.39 is 68.1 Å². The third-order valence-electron chi connectivity index (χ3n) is 5.74. The maximum atomic E-state index is 12.9. The molecule has 2 rings (SSSR count). The molecule has 1 saturated heterocycles. The van der Waals surface area contributed by atoms with E-state index in [4.69, 9.17) is 31.1 Å². The minimum Gasteiger partial charge on any atom is -0.427 e. The molecule has 2 heterocycles. The van der Waals surface area contributed by atoms with Gasteiger partial charge in [-0.3, -0.25) is 18.9 Å². The number of carbonyl (C=O) groups is 2. The van der Waals surface area contributed by atoms with Crippen molar-refractivity contribution in [2.45, 2.75) is 78.5 Å². The number of aryl methyl sites for hydroxylation is 1. The second-order valence-corrected chi connectivity index (χ2v) is 10.4. The minimum absolute atomic E-state index is 0.0675. The number of ether oxygens (including phenoxy) is 1. The van der Waals surface area contributed by atoms with Crippen molar-refractivity contribution in [3.05, 3.63) is 43.0 Å². The van der Waals surface area contributed by atoms with E-state index in [-0.39, 0.29) is 12.0 Å². The van der Waals surface area contributed by atoms with Gasteiger partial charge in [-0.2, -0.15) is 0 Å². The monoisotopic (exact) mass is 606 g/mol. The SMILES string of the molecule is CCN(CC)CC.Cc1cn([C@H]2CC(ON=[N+]=[N-])[C@@H](COP(=O)(OC(=O)[C@H](C)N)OC(=O)[C@H](C)N)O2)c(=O)[nH]c1=O. The lowest BCUT2D eigenvalue weighted by atomic mass is 10.2. The molecule has 0 amide bonds. The van der Waals surface area contributed by atoms with Crippen LogP contribution in [0.1, 0.15) is 52.8 Å². The van der Waals surface area contributed by atoms with Gasteiger partial charge in [0.15, 0.2) is 0 Å². The highest BCUT2D eigenvalue weighted by molar-refractivity contribution is 7.49. The quantitative estimate of drug-likeness (QED) is 0.0932. The first-order chi connectivity index (χ1) is 19.2. The average molecular weight is 607 g/mol. The molecule has 18 nitrogen and oxygen atoms in total. The Balaban J connectivity index is 0.00000106. The van der Waals surface area contributed by atoms with Crippen LogP contribution in [0.5, 0.6) is 0 Å². The van der Waals surface area contributed by atoms with Crippen LogP contribution in [0, 0.1) is 6.92 Å². The van der Waals surface area contributed by atoms with E-state index >= 15 is 0 Å². The third kappa shape index (κ3) is 11.3. The van der Waals surface area contributed by atoms with Gasteiger partial charge < -0.3 is 35.0 Å². The lowest BCUT2D eigenvalue weighted by molar-refractivity contribution is -0.143. The van der Waals surface area contributed by atoms with Crippen LogP contribution in [0.15, 0.2) is 21.1 Å². The molecule has 0 bridgehead atoms. The molecule has 5 atom stereocenters. The molecule has 5 N–H and O–H groups in total. The molecule has 41 heavy (non-hydrogen) atoms. The van der Waals surface area contributed by atoms with Crippen LogP contribution in [0.4, 0.5) is 0 Å². The summed E-state index contributed by atoms with van der Waals surface area (Å²) in [7, 11) is -4.87. The molecule has 1 aliphatic rings. The second kappa shape index (κ2) is 16.9. The standard InChI is InChI=1S/C16H24N7O10P.C6H15N/c1-7-5-23(16(27)20-13(7)24)12-4-10(31-22-21-19)11(30-12)6-29-34(28,32-14(25)8(2)17)33-15(26)9(3)18;1-4-7(5-2)6-3/h5,8-12H,4,6,17-18H2,1-3H3,(H,20,24,27);4-6H2,1-3H3/t8-,9-,10?,11+,12+;/m0./s1. The number of aromatic amines is 1. The molecule has 0 saturated carbocycles. The van der Waals surface area contributed by atoms with E-state index in [1.807, 2.05) is 0 Å². The summed E-state index contributed by atoms with van der Waals surface area (Å²) in [6.07, 6.45) is -2.04. The van der Waals surface area contributed by atoms with Gasteiger partial charge in [-0.25, -0.2) is 18.9 Å². The van der Waals surface area contributed by atoms with Gasteiger partial charge in [0.05, 0.1) is 6.61 Å². The predicted octanol–water partition coefficient (Wildman–Crippen LogP) is 0.997. The number of hydrogen-bond acceptors (Lipinski definition) is 14. The van der Waals surface area contributed by atoms with Crippen LogP contribution in [-0.2, 0) is 37.3 Å². The van der Waals surface area contributed by atoms with Crippen molar-refractivity contribution in [3.8, 4) is 0 Å². The molecule has 1 aromatic rings. The van der Waals surface area contributed by atoms with E-state index in [9.17, 15) is 23.7 Å². The fourth-order valence-corrected chi connectivity index (χ4v) is 4.55. The number of H-pyrrole nitrogens is 1. The third-order valence-corrected chi connectivity index (χ3v) is 7.01. The van der Waals surface area contributed by atoms with Gasteiger partial charge in [-0.05, 0) is 45.9 Å². The van der Waals surface area contributed by atoms with Crippen molar-refractivity contribution < 1.29 is 37.3 Å². The number of nitrogens with zero attached hydrogens (tertiary/aromatic N) is 5. The van der Waals surface area contributed by atoms with E-state index in [1.165, 1.54) is 46.6 Å². The number of phosphoric acid groups is 1. The Morgan fingerprint density at radius 1 is 1.20 bits per heavy atom. The molecular weight excluding hydrogens is 567 g/mol. The number of nitrogens with one attached hydrogen (secondary N) is 1. The molecule has 1 aliphatic heterocycles. The molecule has 0 radical (unpaired) electrons. The lowest BCUT2D eigenvalue weighted by Crippen LogP contribution is -2.34. The molecule has 232 valence electrons. The topological polar surface area (TPSA) is 256 Å². The molecule has 0 spiro atoms. The van der Waals surface area contributed by atoms with Crippen LogP contribution in [0.25, 0.3) is 10.4 Å². The first kappa shape index (κ1) is 35.8. The normalized spacial score (nSPS) is 19.8. The minimum atomic E-state index is -4.87. The Kier molecular flexibility index (Phi) is 14.7. The van der Waals surface area contributed by atoms with Gasteiger partial charge in [0.2, 0.25) is 0 Å². The Morgan fingerprint density at radius 2 is 1.73 bits per heavy atom. The van der Waals surface area contributed by atoms with Crippen molar-refractivity contribution in [2.75, 3.05) is 26.2 Å². The molecule has 0 aliphatic carbocycles. The van der Waals surface area contributed by atoms with Gasteiger partial charge in [-0.1, -0.05) is 20.8 Å². The molecule has 1 fully saturated rings. The maximum absolute atomic E-state index is 12.9. The summed E-state index contributed by atoms with van der Waals surface area (Å²) in [5, 5.41) is 3.00. The van der Waals surface area contributed by atoms with Crippen molar-refractivity contribution >= 4 is 19.8 Å². The fraction of sp³-hybridized carbons (Fsp3) is 0.727. The summed E-state index contributed by atoms with van der Waals surface area (Å²) in [5.74, 6) is -2.38. The first-order valence-electron chi connectivity index (χ1n) is 12.8. The zero-order chi connectivity index (χ0) is 31.3. The summed E-state index contributed by atoms with van der Waals surface area (Å²) in [5.41, 5.74) is 18.2. The number of nitrogens with two attached hydrogens (primary N) is 2. The fourth-order valence-electron chi connectivity index (χ4n) is 3.31. The van der Waals surface area contributed by atoms with Crippen molar-refractivity contribution in [1.29, 1.82) is 0 Å². The summed E-state index contributed by atoms with van der Waals surface area (Å²) in [6, 6.07) is -2.45. The highest BCUT2D eigenvalue weighted by Gasteiger charge is 2.43. The van der Waals surface area contributed by atoms with Gasteiger partial charge in [0.1, 0.15) is 35.8 Å². The van der Waals surface area contributed by atoms with Crippen LogP contribution >= 0.6 is 7.82 Å². The Morgan fingerprint density at radius 3 is 2.17 bits per heavy atom. The second-order valence-electron chi connectivity index (χ2n) is 8.92. The molecule has 0 aromatic carbocycles. The van der Waals surface area contributed by atoms with Crippen molar-refractivity contribution in [2.24, 2.45) is 16.7 Å². The maximum Gasteiger partial charge on any atom is 0.592 e.